The fourth-order valence-corrected chi connectivity index (χ4v) is 8.15. The van der Waals surface area contributed by atoms with Gasteiger partial charge in [-0.25, -0.2) is 0 Å². The van der Waals surface area contributed by atoms with Crippen LogP contribution in [0.25, 0.3) is 0 Å². The van der Waals surface area contributed by atoms with Gasteiger partial charge >= 0.3 is 17.9 Å². The minimum absolute atomic E-state index is 0.0981. The van der Waals surface area contributed by atoms with Gasteiger partial charge in [0.05, 0.1) is 0 Å². The Morgan fingerprint density at radius 3 is 0.831 bits per heavy atom. The molecule has 0 aromatic heterocycles. The normalized spacial score (nSPS) is 13.1. The van der Waals surface area contributed by atoms with Crippen molar-refractivity contribution in [1.29, 1.82) is 0 Å². The van der Waals surface area contributed by atoms with Crippen molar-refractivity contribution in [1.82, 2.24) is 0 Å². The minimum Gasteiger partial charge on any atom is -0.462 e. The van der Waals surface area contributed by atoms with Gasteiger partial charge in [-0.05, 0) is 128 Å². The number of ether oxygens (including phenoxy) is 3. The van der Waals surface area contributed by atoms with Crippen molar-refractivity contribution < 1.29 is 28.6 Å². The molecule has 1 atom stereocenters. The molecule has 0 heterocycles. The first-order chi connectivity index (χ1) is 38.0. The van der Waals surface area contributed by atoms with Gasteiger partial charge in [0.15, 0.2) is 6.10 Å². The molecule has 0 N–H and O–H groups in total. The highest BCUT2D eigenvalue weighted by Gasteiger charge is 2.19. The SMILES string of the molecule is CC/C=C\C/C=C\C/C=C\C/C=C\C/C=C\C/C=C\C/C=C\C/C=C\C/C=C\C/C=C\CCCCC(=O)OCC(COC(=O)CCCCCCCCCC)OC(=O)CCCCCCCCC/C=C\C/C=C\CCCCCC. The van der Waals surface area contributed by atoms with Crippen LogP contribution in [0.3, 0.4) is 0 Å². The van der Waals surface area contributed by atoms with Crippen LogP contribution in [0.2, 0.25) is 0 Å². The van der Waals surface area contributed by atoms with Crippen molar-refractivity contribution in [2.45, 2.75) is 271 Å². The molecule has 6 nitrogen and oxygen atoms in total. The second kappa shape index (κ2) is 63.8. The van der Waals surface area contributed by atoms with Crippen molar-refractivity contribution in [2.24, 2.45) is 0 Å². The molecule has 0 aromatic carbocycles. The molecule has 0 aliphatic rings. The number of carbonyl (C=O) groups is 3. The lowest BCUT2D eigenvalue weighted by Gasteiger charge is -2.18. The highest BCUT2D eigenvalue weighted by Crippen LogP contribution is 2.14. The van der Waals surface area contributed by atoms with E-state index in [0.29, 0.717) is 25.7 Å². The maximum absolute atomic E-state index is 12.8. The highest BCUT2D eigenvalue weighted by atomic mass is 16.6. The summed E-state index contributed by atoms with van der Waals surface area (Å²) >= 11 is 0. The van der Waals surface area contributed by atoms with E-state index in [1.165, 1.54) is 89.9 Å². The Kier molecular flexibility index (Phi) is 59.9. The molecule has 0 bridgehead atoms. The third-order valence-electron chi connectivity index (χ3n) is 12.8. The van der Waals surface area contributed by atoms with E-state index in [9.17, 15) is 14.4 Å². The summed E-state index contributed by atoms with van der Waals surface area (Å²) < 4.78 is 16.8. The monoisotopic (exact) mass is 1060 g/mol. The van der Waals surface area contributed by atoms with Crippen molar-refractivity contribution in [2.75, 3.05) is 13.2 Å². The van der Waals surface area contributed by atoms with E-state index in [1.807, 2.05) is 0 Å². The molecule has 0 radical (unpaired) electrons. The lowest BCUT2D eigenvalue weighted by molar-refractivity contribution is -0.167. The van der Waals surface area contributed by atoms with E-state index in [4.69, 9.17) is 14.2 Å². The number of hydrogen-bond donors (Lipinski definition) is 0. The summed E-state index contributed by atoms with van der Waals surface area (Å²) in [4.78, 5) is 38.1. The molecule has 0 rings (SSSR count). The molecule has 6 heteroatoms. The summed E-state index contributed by atoms with van der Waals surface area (Å²) in [5, 5.41) is 0. The van der Waals surface area contributed by atoms with Crippen LogP contribution in [-0.4, -0.2) is 37.2 Å². The summed E-state index contributed by atoms with van der Waals surface area (Å²) in [7, 11) is 0. The molecule has 0 amide bonds. The predicted molar refractivity (Wildman–Crippen MR) is 334 cm³/mol. The number of rotatable bonds is 55. The molecule has 0 aliphatic carbocycles. The van der Waals surface area contributed by atoms with Crippen molar-refractivity contribution in [3.05, 3.63) is 146 Å². The van der Waals surface area contributed by atoms with Crippen LogP contribution < -0.4 is 0 Å². The minimum atomic E-state index is -0.803. The smallest absolute Gasteiger partial charge is 0.306 e. The van der Waals surface area contributed by atoms with Crippen LogP contribution in [0.1, 0.15) is 265 Å². The van der Waals surface area contributed by atoms with Gasteiger partial charge in [0.2, 0.25) is 0 Å². The summed E-state index contributed by atoms with van der Waals surface area (Å²) in [6.45, 7) is 6.43. The number of unbranched alkanes of at least 4 members (excludes halogenated alkanes) is 20. The van der Waals surface area contributed by atoms with Gasteiger partial charge in [0, 0.05) is 19.3 Å². The molecule has 0 spiro atoms. The first-order valence-corrected chi connectivity index (χ1v) is 31.3. The number of carbonyl (C=O) groups excluding carboxylic acids is 3. The lowest BCUT2D eigenvalue weighted by atomic mass is 10.1. The average Bonchev–Trinajstić information content (AvgIpc) is 3.43. The van der Waals surface area contributed by atoms with E-state index in [0.717, 1.165) is 128 Å². The van der Waals surface area contributed by atoms with E-state index >= 15 is 0 Å². The van der Waals surface area contributed by atoms with Crippen molar-refractivity contribution in [3.8, 4) is 0 Å². The van der Waals surface area contributed by atoms with Crippen LogP contribution in [0.5, 0.6) is 0 Å². The molecule has 1 unspecified atom stereocenters. The third-order valence-corrected chi connectivity index (χ3v) is 12.8. The molecule has 0 aromatic rings. The molecule has 0 aliphatic heterocycles. The average molecular weight is 1060 g/mol. The van der Waals surface area contributed by atoms with Gasteiger partial charge in [0.25, 0.3) is 0 Å². The molecule has 434 valence electrons. The molecule has 0 saturated heterocycles. The van der Waals surface area contributed by atoms with Crippen LogP contribution in [0, 0.1) is 0 Å². The Morgan fingerprint density at radius 1 is 0.273 bits per heavy atom. The van der Waals surface area contributed by atoms with Crippen LogP contribution >= 0.6 is 0 Å². The summed E-state index contributed by atoms with van der Waals surface area (Å²) in [5.41, 5.74) is 0. The Balaban J connectivity index is 4.30. The molecule has 77 heavy (non-hydrogen) atoms. The quantitative estimate of drug-likeness (QED) is 0.0261. The van der Waals surface area contributed by atoms with E-state index in [1.54, 1.807) is 0 Å². The Labute approximate surface area is 474 Å². The molecular weight excluding hydrogens is 949 g/mol. The fraction of sp³-hybridized carbons (Fsp3) is 0.620. The van der Waals surface area contributed by atoms with Gasteiger partial charge in [0.1, 0.15) is 13.2 Å². The second-order valence-electron chi connectivity index (χ2n) is 20.2. The van der Waals surface area contributed by atoms with Gasteiger partial charge < -0.3 is 14.2 Å². The largest absolute Gasteiger partial charge is 0.462 e. The Bertz CT molecular complexity index is 1700. The number of esters is 3. The Hall–Kier alpha value is -4.71. The third kappa shape index (κ3) is 62.0. The highest BCUT2D eigenvalue weighted by molar-refractivity contribution is 5.71. The lowest BCUT2D eigenvalue weighted by Crippen LogP contribution is -2.30. The second-order valence-corrected chi connectivity index (χ2v) is 20.2. The van der Waals surface area contributed by atoms with E-state index in [2.05, 4.69) is 167 Å². The standard InChI is InChI=1S/C71H114O6/c1-4-7-10-13-16-19-21-23-25-27-29-30-31-32-33-34-35-36-37-38-39-40-41-42-43-45-46-48-50-52-55-58-61-64-70(73)76-67-68(66-75-69(72)63-60-57-54-18-15-12-9-6-3)77-71(74)65-62-59-56-53-51-49-47-44-28-26-24-22-20-17-14-11-8-5-2/h7,10,16,19-20,22-23,25-26,28-30,32-33,35-36,38-39,41-42,45-46,50,52,68H,4-6,8-9,11-15,17-18,21,24,27,31,34,37,40,43-44,47-49,51,53-67H2,1-3H3/b10-7-,19-16-,22-20-,25-23-,28-26-,30-29-,33-32-,36-35-,39-38-,42-41-,46-45-,52-50-. The molecule has 0 fully saturated rings. The van der Waals surface area contributed by atoms with Gasteiger partial charge in [-0.2, -0.15) is 0 Å². The van der Waals surface area contributed by atoms with Crippen LogP contribution in [-0.2, 0) is 28.6 Å². The molecule has 0 saturated carbocycles. The van der Waals surface area contributed by atoms with Gasteiger partial charge in [-0.15, -0.1) is 0 Å². The van der Waals surface area contributed by atoms with Crippen molar-refractivity contribution >= 4 is 17.9 Å². The summed E-state index contributed by atoms with van der Waals surface area (Å²) in [6.07, 6.45) is 91.5. The topological polar surface area (TPSA) is 78.9 Å². The summed E-state index contributed by atoms with van der Waals surface area (Å²) in [6, 6.07) is 0. The zero-order valence-electron chi connectivity index (χ0n) is 49.7. The van der Waals surface area contributed by atoms with E-state index < -0.39 is 6.10 Å². The number of hydrogen-bond acceptors (Lipinski definition) is 6. The maximum atomic E-state index is 12.8. The van der Waals surface area contributed by atoms with Gasteiger partial charge in [-0.3, -0.25) is 14.4 Å². The van der Waals surface area contributed by atoms with Crippen LogP contribution in [0.15, 0.2) is 146 Å². The van der Waals surface area contributed by atoms with E-state index in [-0.39, 0.29) is 31.1 Å². The first kappa shape index (κ1) is 72.3. The van der Waals surface area contributed by atoms with Gasteiger partial charge in [-0.1, -0.05) is 263 Å². The van der Waals surface area contributed by atoms with Crippen molar-refractivity contribution in [3.63, 3.8) is 0 Å². The zero-order valence-corrected chi connectivity index (χ0v) is 49.7. The fourth-order valence-electron chi connectivity index (χ4n) is 8.15. The zero-order chi connectivity index (χ0) is 55.7. The predicted octanol–water partition coefficient (Wildman–Crippen LogP) is 21.5. The van der Waals surface area contributed by atoms with Crippen LogP contribution in [0.4, 0.5) is 0 Å². The maximum Gasteiger partial charge on any atom is 0.306 e. The molecular formula is C71H114O6. The Morgan fingerprint density at radius 2 is 0.506 bits per heavy atom. The first-order valence-electron chi connectivity index (χ1n) is 31.3. The number of allylic oxidation sites excluding steroid dienone is 24. The summed E-state index contributed by atoms with van der Waals surface area (Å²) in [5.74, 6) is -0.959.